The van der Waals surface area contributed by atoms with E-state index < -0.39 is 0 Å². The smallest absolute Gasteiger partial charge is 0.240 e. The average molecular weight is 205 g/mol. The van der Waals surface area contributed by atoms with Crippen LogP contribution in [0.25, 0.3) is 11.6 Å². The largest absolute Gasteiger partial charge is 0.339 e. The van der Waals surface area contributed by atoms with Crippen LogP contribution >= 0.6 is 0 Å². The molecule has 0 aromatic carbocycles. The van der Waals surface area contributed by atoms with Gasteiger partial charge in [-0.15, -0.1) is 0 Å². The average Bonchev–Trinajstić information content (AvgIpc) is 2.76. The fraction of sp³-hybridized carbons (Fsp3) is 0.333. The molecule has 6 heteroatoms. The Morgan fingerprint density at radius 2 is 2.00 bits per heavy atom. The number of rotatable bonds is 4. The summed E-state index contributed by atoms with van der Waals surface area (Å²) < 4.78 is 5.02. The van der Waals surface area contributed by atoms with Crippen molar-refractivity contribution in [2.45, 2.75) is 12.8 Å². The zero-order valence-corrected chi connectivity index (χ0v) is 8.13. The van der Waals surface area contributed by atoms with Gasteiger partial charge in [0.2, 0.25) is 17.5 Å². The topological polar surface area (TPSA) is 90.7 Å². The molecule has 0 saturated heterocycles. The molecule has 0 fully saturated rings. The summed E-state index contributed by atoms with van der Waals surface area (Å²) in [6.07, 6.45) is 4.80. The lowest BCUT2D eigenvalue weighted by molar-refractivity contribution is 0.376. The van der Waals surface area contributed by atoms with Gasteiger partial charge in [0.25, 0.3) is 0 Å². The molecule has 2 aromatic heterocycles. The van der Waals surface area contributed by atoms with E-state index in [1.54, 1.807) is 18.5 Å². The number of hydrogen-bond acceptors (Lipinski definition) is 6. The molecule has 0 aliphatic rings. The summed E-state index contributed by atoms with van der Waals surface area (Å²) >= 11 is 0. The van der Waals surface area contributed by atoms with Gasteiger partial charge < -0.3 is 10.3 Å². The van der Waals surface area contributed by atoms with Gasteiger partial charge in [-0.2, -0.15) is 4.98 Å². The monoisotopic (exact) mass is 205 g/mol. The van der Waals surface area contributed by atoms with Crippen molar-refractivity contribution in [3.63, 3.8) is 0 Å². The highest BCUT2D eigenvalue weighted by Gasteiger charge is 2.09. The first-order valence-electron chi connectivity index (χ1n) is 4.70. The maximum Gasteiger partial charge on any atom is 0.240 e. The lowest BCUT2D eigenvalue weighted by Gasteiger charge is -1.89. The second-order valence-electron chi connectivity index (χ2n) is 2.98. The maximum atomic E-state index is 5.38. The minimum absolute atomic E-state index is 0.419. The lowest BCUT2D eigenvalue weighted by Crippen LogP contribution is -2.00. The Morgan fingerprint density at radius 3 is 2.73 bits per heavy atom. The summed E-state index contributed by atoms with van der Waals surface area (Å²) in [7, 11) is 0. The van der Waals surface area contributed by atoms with Crippen LogP contribution in [0.2, 0.25) is 0 Å². The Balaban J connectivity index is 2.14. The summed E-state index contributed by atoms with van der Waals surface area (Å²) in [6, 6.07) is 1.74. The molecule has 0 unspecified atom stereocenters. The molecule has 2 N–H and O–H groups in total. The number of hydrogen-bond donors (Lipinski definition) is 1. The van der Waals surface area contributed by atoms with Crippen LogP contribution in [0.4, 0.5) is 0 Å². The first kappa shape index (κ1) is 9.72. The molecule has 0 aliphatic heterocycles. The molecule has 2 aromatic rings. The van der Waals surface area contributed by atoms with E-state index in [4.69, 9.17) is 10.3 Å². The molecule has 15 heavy (non-hydrogen) atoms. The number of nitrogens with zero attached hydrogens (tertiary/aromatic N) is 4. The zero-order chi connectivity index (χ0) is 10.5. The maximum absolute atomic E-state index is 5.38. The normalized spacial score (nSPS) is 10.5. The van der Waals surface area contributed by atoms with Crippen LogP contribution in [-0.2, 0) is 6.42 Å². The molecule has 0 bridgehead atoms. The van der Waals surface area contributed by atoms with E-state index >= 15 is 0 Å². The molecular weight excluding hydrogens is 194 g/mol. The molecule has 78 valence electrons. The highest BCUT2D eigenvalue weighted by molar-refractivity contribution is 5.40. The van der Waals surface area contributed by atoms with E-state index in [9.17, 15) is 0 Å². The van der Waals surface area contributed by atoms with Gasteiger partial charge in [0, 0.05) is 18.8 Å². The van der Waals surface area contributed by atoms with Gasteiger partial charge in [-0.05, 0) is 19.0 Å². The summed E-state index contributed by atoms with van der Waals surface area (Å²) in [6.45, 7) is 0.611. The summed E-state index contributed by atoms with van der Waals surface area (Å²) in [5.74, 6) is 1.46. The van der Waals surface area contributed by atoms with Gasteiger partial charge in [0.1, 0.15) is 0 Å². The van der Waals surface area contributed by atoms with Gasteiger partial charge in [-0.3, -0.25) is 0 Å². The molecule has 0 saturated carbocycles. The van der Waals surface area contributed by atoms with Gasteiger partial charge >= 0.3 is 0 Å². The first-order chi connectivity index (χ1) is 7.40. The van der Waals surface area contributed by atoms with E-state index in [1.165, 1.54) is 0 Å². The van der Waals surface area contributed by atoms with Crippen molar-refractivity contribution in [3.05, 3.63) is 24.4 Å². The summed E-state index contributed by atoms with van der Waals surface area (Å²) in [5, 5.41) is 3.79. The van der Waals surface area contributed by atoms with Crippen LogP contribution in [0.3, 0.4) is 0 Å². The van der Waals surface area contributed by atoms with E-state index in [0.29, 0.717) is 30.5 Å². The molecule has 0 aliphatic carbocycles. The Kier molecular flexibility index (Phi) is 2.99. The standard InChI is InChI=1S/C9H11N5O/c10-4-1-3-7-13-9(14-15-7)8-11-5-2-6-12-8/h2,5-6H,1,3-4,10H2. The predicted molar refractivity (Wildman–Crippen MR) is 52.7 cm³/mol. The molecule has 2 heterocycles. The molecule has 6 nitrogen and oxygen atoms in total. The van der Waals surface area contributed by atoms with E-state index in [0.717, 1.165) is 6.42 Å². The minimum Gasteiger partial charge on any atom is -0.339 e. The van der Waals surface area contributed by atoms with Crippen molar-refractivity contribution in [2.75, 3.05) is 6.54 Å². The minimum atomic E-state index is 0.419. The quantitative estimate of drug-likeness (QED) is 0.777. The van der Waals surface area contributed by atoms with E-state index in [-0.39, 0.29) is 0 Å². The number of aryl methyl sites for hydroxylation is 1. The zero-order valence-electron chi connectivity index (χ0n) is 8.13. The fourth-order valence-corrected chi connectivity index (χ4v) is 1.12. The number of aromatic nitrogens is 4. The second kappa shape index (κ2) is 4.61. The van der Waals surface area contributed by atoms with Gasteiger partial charge in [-0.25, -0.2) is 9.97 Å². The molecule has 2 rings (SSSR count). The third-order valence-corrected chi connectivity index (χ3v) is 1.83. The van der Waals surface area contributed by atoms with Crippen molar-refractivity contribution in [3.8, 4) is 11.6 Å². The van der Waals surface area contributed by atoms with Gasteiger partial charge in [0.15, 0.2) is 0 Å². The van der Waals surface area contributed by atoms with Crippen molar-refractivity contribution < 1.29 is 4.52 Å². The molecule has 0 spiro atoms. The Morgan fingerprint density at radius 1 is 1.20 bits per heavy atom. The highest BCUT2D eigenvalue weighted by Crippen LogP contribution is 2.09. The Bertz CT molecular complexity index is 413. The van der Waals surface area contributed by atoms with Crippen molar-refractivity contribution >= 4 is 0 Å². The first-order valence-corrected chi connectivity index (χ1v) is 4.70. The third-order valence-electron chi connectivity index (χ3n) is 1.83. The highest BCUT2D eigenvalue weighted by atomic mass is 16.5. The van der Waals surface area contributed by atoms with Crippen LogP contribution in [0.15, 0.2) is 23.0 Å². The van der Waals surface area contributed by atoms with Crippen LogP contribution in [0.5, 0.6) is 0 Å². The van der Waals surface area contributed by atoms with Crippen molar-refractivity contribution in [1.29, 1.82) is 0 Å². The van der Waals surface area contributed by atoms with E-state index in [1.807, 2.05) is 0 Å². The van der Waals surface area contributed by atoms with Gasteiger partial charge in [-0.1, -0.05) is 5.16 Å². The van der Waals surface area contributed by atoms with Crippen LogP contribution in [0, 0.1) is 0 Å². The molecule has 0 radical (unpaired) electrons. The predicted octanol–water partition coefficient (Wildman–Crippen LogP) is 0.418. The Labute approximate surface area is 86.5 Å². The summed E-state index contributed by atoms with van der Waals surface area (Å²) in [5.41, 5.74) is 5.38. The van der Waals surface area contributed by atoms with Crippen LogP contribution in [0.1, 0.15) is 12.3 Å². The SMILES string of the molecule is NCCCc1nc(-c2ncccn2)no1. The van der Waals surface area contributed by atoms with E-state index in [2.05, 4.69) is 20.1 Å². The molecule has 0 atom stereocenters. The molecular formula is C9H11N5O. The van der Waals surface area contributed by atoms with Crippen LogP contribution < -0.4 is 5.73 Å². The van der Waals surface area contributed by atoms with Crippen LogP contribution in [-0.4, -0.2) is 26.7 Å². The second-order valence-corrected chi connectivity index (χ2v) is 2.98. The Hall–Kier alpha value is -1.82. The molecule has 0 amide bonds. The number of nitrogens with two attached hydrogens (primary N) is 1. The van der Waals surface area contributed by atoms with Gasteiger partial charge in [0.05, 0.1) is 0 Å². The van der Waals surface area contributed by atoms with Crippen molar-refractivity contribution in [2.24, 2.45) is 5.73 Å². The summed E-state index contributed by atoms with van der Waals surface area (Å²) in [4.78, 5) is 12.2. The third kappa shape index (κ3) is 2.35. The fourth-order valence-electron chi connectivity index (χ4n) is 1.12. The van der Waals surface area contributed by atoms with Crippen molar-refractivity contribution in [1.82, 2.24) is 20.1 Å². The lowest BCUT2D eigenvalue weighted by atomic mass is 10.3.